The van der Waals surface area contributed by atoms with Gasteiger partial charge in [-0.25, -0.2) is 0 Å². The lowest BCUT2D eigenvalue weighted by Gasteiger charge is -2.18. The maximum Gasteiger partial charge on any atom is 0.122 e. The van der Waals surface area contributed by atoms with Gasteiger partial charge in [0.2, 0.25) is 0 Å². The van der Waals surface area contributed by atoms with Crippen LogP contribution in [0, 0.1) is 0 Å². The minimum atomic E-state index is 0.0974. The van der Waals surface area contributed by atoms with E-state index in [9.17, 15) is 0 Å². The van der Waals surface area contributed by atoms with Gasteiger partial charge >= 0.3 is 0 Å². The number of unbranched alkanes of at least 4 members (excludes halogenated alkanes) is 1. The molecule has 5 nitrogen and oxygen atoms in total. The van der Waals surface area contributed by atoms with Gasteiger partial charge in [0.15, 0.2) is 0 Å². The zero-order valence-corrected chi connectivity index (χ0v) is 18.7. The van der Waals surface area contributed by atoms with Crippen LogP contribution in [0.1, 0.15) is 45.1 Å². The van der Waals surface area contributed by atoms with Crippen LogP contribution in [-0.4, -0.2) is 39.6 Å². The van der Waals surface area contributed by atoms with Crippen molar-refractivity contribution in [3.8, 4) is 17.2 Å². The molecule has 0 aliphatic heterocycles. The molecule has 0 aliphatic rings. The number of hydrogen-bond donors (Lipinski definition) is 1. The average Bonchev–Trinajstić information content (AvgIpc) is 2.79. The van der Waals surface area contributed by atoms with Crippen LogP contribution in [0.15, 0.2) is 48.5 Å². The molecular formula is C25H37NO4. The molecule has 0 aliphatic carbocycles. The Morgan fingerprint density at radius 2 is 1.70 bits per heavy atom. The van der Waals surface area contributed by atoms with Crippen LogP contribution in [-0.2, 0) is 11.3 Å². The van der Waals surface area contributed by atoms with Gasteiger partial charge in [-0.1, -0.05) is 32.4 Å². The molecule has 0 fully saturated rings. The predicted octanol–water partition coefficient (Wildman–Crippen LogP) is 5.23. The molecule has 2 aromatic rings. The van der Waals surface area contributed by atoms with E-state index in [2.05, 4.69) is 31.3 Å². The molecule has 166 valence electrons. The number of methoxy groups -OCH3 is 1. The van der Waals surface area contributed by atoms with Crippen LogP contribution in [0.4, 0.5) is 0 Å². The van der Waals surface area contributed by atoms with Crippen molar-refractivity contribution in [1.82, 2.24) is 5.32 Å². The smallest absolute Gasteiger partial charge is 0.122 e. The minimum absolute atomic E-state index is 0.0974. The molecule has 2 rings (SSSR count). The van der Waals surface area contributed by atoms with Gasteiger partial charge in [-0.3, -0.25) is 0 Å². The molecule has 0 unspecified atom stereocenters. The van der Waals surface area contributed by atoms with Gasteiger partial charge in [-0.15, -0.1) is 0 Å². The van der Waals surface area contributed by atoms with E-state index in [-0.39, 0.29) is 6.10 Å². The quantitative estimate of drug-likeness (QED) is 0.381. The number of rotatable bonds is 16. The van der Waals surface area contributed by atoms with Crippen LogP contribution in [0.25, 0.3) is 0 Å². The number of ether oxygens (including phenoxy) is 4. The van der Waals surface area contributed by atoms with Crippen LogP contribution < -0.4 is 19.5 Å². The summed E-state index contributed by atoms with van der Waals surface area (Å²) in [4.78, 5) is 0. The van der Waals surface area contributed by atoms with E-state index >= 15 is 0 Å². The molecule has 0 radical (unpaired) electrons. The lowest BCUT2D eigenvalue weighted by molar-refractivity contribution is 0.0469. The first kappa shape index (κ1) is 24.0. The standard InChI is InChI=1S/C25H37NO4/c1-4-6-16-28-20-22(5-2)30-25-10-7-9-21(18-25)19-26-15-8-17-29-24-13-11-23(27-3)12-14-24/h7,9-14,18,22,26H,4-6,8,15-17,19-20H2,1-3H3/t22-/m1/s1. The topological polar surface area (TPSA) is 49.0 Å². The molecule has 1 atom stereocenters. The summed E-state index contributed by atoms with van der Waals surface area (Å²) in [6, 6.07) is 15.9. The van der Waals surface area contributed by atoms with Gasteiger partial charge in [0, 0.05) is 13.2 Å². The zero-order chi connectivity index (χ0) is 21.4. The maximum atomic E-state index is 6.11. The van der Waals surface area contributed by atoms with Crippen molar-refractivity contribution < 1.29 is 18.9 Å². The third kappa shape index (κ3) is 9.51. The summed E-state index contributed by atoms with van der Waals surface area (Å²) in [5, 5.41) is 3.47. The number of hydrogen-bond acceptors (Lipinski definition) is 5. The van der Waals surface area contributed by atoms with Crippen LogP contribution in [0.3, 0.4) is 0 Å². The van der Waals surface area contributed by atoms with E-state index in [1.165, 1.54) is 5.56 Å². The van der Waals surface area contributed by atoms with Crippen molar-refractivity contribution in [2.45, 2.75) is 52.2 Å². The molecule has 30 heavy (non-hydrogen) atoms. The summed E-state index contributed by atoms with van der Waals surface area (Å²) in [5.74, 6) is 2.61. The SMILES string of the molecule is CCCCOC[C@@H](CC)Oc1cccc(CNCCCOc2ccc(OC)cc2)c1. The molecule has 0 saturated heterocycles. The van der Waals surface area contributed by atoms with Gasteiger partial charge in [0.05, 0.1) is 20.3 Å². The summed E-state index contributed by atoms with van der Waals surface area (Å²) in [6.45, 7) is 8.14. The lowest BCUT2D eigenvalue weighted by Crippen LogP contribution is -2.22. The van der Waals surface area contributed by atoms with Crippen molar-refractivity contribution in [2.24, 2.45) is 0 Å². The highest BCUT2D eigenvalue weighted by Gasteiger charge is 2.09. The van der Waals surface area contributed by atoms with Crippen LogP contribution >= 0.6 is 0 Å². The Hall–Kier alpha value is -2.24. The Morgan fingerprint density at radius 1 is 0.900 bits per heavy atom. The van der Waals surface area contributed by atoms with E-state index in [1.54, 1.807) is 7.11 Å². The highest BCUT2D eigenvalue weighted by atomic mass is 16.5. The molecule has 1 N–H and O–H groups in total. The summed E-state index contributed by atoms with van der Waals surface area (Å²) >= 11 is 0. The Morgan fingerprint density at radius 3 is 2.43 bits per heavy atom. The van der Waals surface area contributed by atoms with E-state index in [1.807, 2.05) is 36.4 Å². The molecule has 2 aromatic carbocycles. The first-order valence-corrected chi connectivity index (χ1v) is 11.1. The molecule has 0 bridgehead atoms. The van der Waals surface area contributed by atoms with E-state index < -0.39 is 0 Å². The Balaban J connectivity index is 1.64. The Labute approximate surface area is 181 Å². The summed E-state index contributed by atoms with van der Waals surface area (Å²) < 4.78 is 22.7. The third-order valence-electron chi connectivity index (χ3n) is 4.76. The van der Waals surface area contributed by atoms with Crippen molar-refractivity contribution >= 4 is 0 Å². The second-order valence-electron chi connectivity index (χ2n) is 7.28. The second kappa shape index (κ2) is 14.7. The fourth-order valence-electron chi connectivity index (χ4n) is 2.91. The van der Waals surface area contributed by atoms with Crippen molar-refractivity contribution in [3.05, 3.63) is 54.1 Å². The van der Waals surface area contributed by atoms with E-state index in [4.69, 9.17) is 18.9 Å². The van der Waals surface area contributed by atoms with E-state index in [0.717, 1.165) is 62.6 Å². The van der Waals surface area contributed by atoms with Gasteiger partial charge in [-0.2, -0.15) is 0 Å². The zero-order valence-electron chi connectivity index (χ0n) is 18.7. The first-order chi connectivity index (χ1) is 14.7. The van der Waals surface area contributed by atoms with E-state index in [0.29, 0.717) is 13.2 Å². The molecule has 0 amide bonds. The number of nitrogens with one attached hydrogen (secondary N) is 1. The Kier molecular flexibility index (Phi) is 11.8. The van der Waals surface area contributed by atoms with Crippen molar-refractivity contribution in [1.29, 1.82) is 0 Å². The molecule has 0 aromatic heterocycles. The number of benzene rings is 2. The summed E-state index contributed by atoms with van der Waals surface area (Å²) in [7, 11) is 1.66. The largest absolute Gasteiger partial charge is 0.497 e. The molecule has 5 heteroatoms. The molecule has 0 saturated carbocycles. The van der Waals surface area contributed by atoms with Crippen LogP contribution in [0.2, 0.25) is 0 Å². The first-order valence-electron chi connectivity index (χ1n) is 11.1. The molecule has 0 heterocycles. The summed E-state index contributed by atoms with van der Waals surface area (Å²) in [5.41, 5.74) is 1.21. The van der Waals surface area contributed by atoms with Crippen LogP contribution in [0.5, 0.6) is 17.2 Å². The van der Waals surface area contributed by atoms with Gasteiger partial charge in [0.25, 0.3) is 0 Å². The normalized spacial score (nSPS) is 11.8. The van der Waals surface area contributed by atoms with Gasteiger partial charge < -0.3 is 24.3 Å². The second-order valence-corrected chi connectivity index (χ2v) is 7.28. The average molecular weight is 416 g/mol. The predicted molar refractivity (Wildman–Crippen MR) is 122 cm³/mol. The lowest BCUT2D eigenvalue weighted by atomic mass is 10.2. The van der Waals surface area contributed by atoms with Crippen molar-refractivity contribution in [2.75, 3.05) is 33.5 Å². The highest BCUT2D eigenvalue weighted by Crippen LogP contribution is 2.18. The maximum absolute atomic E-state index is 6.11. The summed E-state index contributed by atoms with van der Waals surface area (Å²) in [6.07, 6.45) is 4.22. The van der Waals surface area contributed by atoms with Gasteiger partial charge in [-0.05, 0) is 67.8 Å². The fourth-order valence-corrected chi connectivity index (χ4v) is 2.91. The minimum Gasteiger partial charge on any atom is -0.497 e. The monoisotopic (exact) mass is 415 g/mol. The fraction of sp³-hybridized carbons (Fsp3) is 0.520. The van der Waals surface area contributed by atoms with Crippen molar-refractivity contribution in [3.63, 3.8) is 0 Å². The van der Waals surface area contributed by atoms with Gasteiger partial charge in [0.1, 0.15) is 23.4 Å². The molecular weight excluding hydrogens is 378 g/mol. The molecule has 0 spiro atoms. The third-order valence-corrected chi connectivity index (χ3v) is 4.76. The Bertz CT molecular complexity index is 690. The highest BCUT2D eigenvalue weighted by molar-refractivity contribution is 5.31.